The Kier molecular flexibility index (Phi) is 30.9. The molecule has 4 aromatic carbocycles. The molecule has 0 spiro atoms. The summed E-state index contributed by atoms with van der Waals surface area (Å²) in [7, 11) is 6.36. The molecule has 5 aromatic rings. The molecule has 1 aromatic heterocycles. The van der Waals surface area contributed by atoms with E-state index in [1.807, 2.05) is 151 Å². The number of hydrogen-bond acceptors (Lipinski definition) is 16. The molecule has 8 bridgehead atoms. The molecule has 0 saturated heterocycles. The van der Waals surface area contributed by atoms with E-state index in [0.717, 1.165) is 52.7 Å². The summed E-state index contributed by atoms with van der Waals surface area (Å²) in [5.74, 6) is -4.77. The molecule has 0 aliphatic heterocycles. The highest BCUT2D eigenvalue weighted by atomic mass is 35.5. The van der Waals surface area contributed by atoms with Crippen molar-refractivity contribution in [1.82, 2.24) is 47.5 Å². The molecular weight excluding hydrogens is 1610 g/mol. The van der Waals surface area contributed by atoms with E-state index >= 15 is 0 Å². The maximum atomic E-state index is 13.1. The number of allylic oxidation sites excluding steroid dienone is 4. The van der Waals surface area contributed by atoms with Gasteiger partial charge < -0.3 is 76.7 Å². The van der Waals surface area contributed by atoms with Crippen molar-refractivity contribution >= 4 is 76.5 Å². The number of aromatic nitrogens is 1. The highest BCUT2D eigenvalue weighted by molar-refractivity contribution is 6.34. The molecule has 13 rings (SSSR count). The number of pyridine rings is 1. The number of hydrogen-bond donors (Lipinski definition) is 9. The zero-order valence-electron chi connectivity index (χ0n) is 69.0. The number of rotatable bonds is 20. The third-order valence-corrected chi connectivity index (χ3v) is 22.9. The van der Waals surface area contributed by atoms with Crippen molar-refractivity contribution in [2.24, 2.45) is 71.0 Å². The fourth-order valence-corrected chi connectivity index (χ4v) is 16.8. The number of alkyl halides is 6. The largest absolute Gasteiger partial charge is 0.497 e. The Morgan fingerprint density at radius 1 is 0.383 bits per heavy atom. The fourth-order valence-electron chi connectivity index (χ4n) is 16.5. The molecule has 10 N–H and O–H groups in total. The number of benzene rings is 4. The van der Waals surface area contributed by atoms with Gasteiger partial charge in [-0.3, -0.25) is 28.8 Å². The summed E-state index contributed by atoms with van der Waals surface area (Å²) in [4.78, 5) is 102. The summed E-state index contributed by atoms with van der Waals surface area (Å²) in [6.07, 6.45) is 7.68. The molecule has 0 unspecified atom stereocenters. The predicted octanol–water partition coefficient (Wildman–Crippen LogP) is 14.8. The molecule has 1 heterocycles. The van der Waals surface area contributed by atoms with Gasteiger partial charge in [0.15, 0.2) is 16.1 Å². The van der Waals surface area contributed by atoms with Crippen LogP contribution in [0, 0.1) is 76.8 Å². The van der Waals surface area contributed by atoms with Gasteiger partial charge in [0.1, 0.15) is 34.2 Å². The van der Waals surface area contributed by atoms with Gasteiger partial charge in [0.05, 0.1) is 94.0 Å². The van der Waals surface area contributed by atoms with Crippen molar-refractivity contribution in [3.05, 3.63) is 190 Å². The Hall–Kier alpha value is -10.6. The Morgan fingerprint density at radius 3 is 0.817 bits per heavy atom. The summed E-state index contributed by atoms with van der Waals surface area (Å²) in [5.41, 5.74) is 7.84. The summed E-state index contributed by atoms with van der Waals surface area (Å²) < 4.78 is 120. The van der Waals surface area contributed by atoms with Crippen molar-refractivity contribution in [3.63, 3.8) is 0 Å². The van der Waals surface area contributed by atoms with E-state index in [1.165, 1.54) is 0 Å². The van der Waals surface area contributed by atoms with E-state index < -0.39 is 77.3 Å². The maximum Gasteiger partial charge on any atom is 0.471 e. The molecule has 20 atom stereocenters. The number of carbonyl (C=O) groups excluding carboxylic acids is 8. The van der Waals surface area contributed by atoms with Crippen molar-refractivity contribution in [1.29, 1.82) is 0 Å². The van der Waals surface area contributed by atoms with Crippen LogP contribution in [0.5, 0.6) is 23.0 Å². The molecule has 4 fully saturated rings. The number of nitrogen functional groups attached to an aromatic ring is 1. The highest BCUT2D eigenvalue weighted by Gasteiger charge is 2.55. The number of fused-ring (bicyclic) bond motifs is 8. The van der Waals surface area contributed by atoms with Crippen molar-refractivity contribution < 1.29 is 97.5 Å². The van der Waals surface area contributed by atoms with Gasteiger partial charge in [0, 0.05) is 18.2 Å². The molecule has 33 heteroatoms. The molecule has 120 heavy (non-hydrogen) atoms. The Bertz CT molecular complexity index is 4260. The second-order valence-corrected chi connectivity index (χ2v) is 33.6. The number of carbonyl (C=O) groups is 8. The zero-order valence-corrected chi connectivity index (χ0v) is 70.5. The lowest BCUT2D eigenvalue weighted by atomic mass is 9.87. The van der Waals surface area contributed by atoms with Gasteiger partial charge in [-0.1, -0.05) is 120 Å². The quantitative estimate of drug-likeness (QED) is 0.0199. The first-order chi connectivity index (χ1) is 56.4. The lowest BCUT2D eigenvalue weighted by molar-refractivity contribution is -0.175. The second kappa shape index (κ2) is 39.8. The number of alkyl carbamates (subject to hydrolysis) is 2. The summed E-state index contributed by atoms with van der Waals surface area (Å²) in [6, 6.07) is 27.5. The van der Waals surface area contributed by atoms with Gasteiger partial charge in [-0.2, -0.15) is 26.3 Å². The van der Waals surface area contributed by atoms with Crippen LogP contribution in [-0.2, 0) is 38.2 Å². The van der Waals surface area contributed by atoms with Gasteiger partial charge in [-0.15, -0.1) is 0 Å². The Labute approximate surface area is 703 Å². The number of halogens is 9. The van der Waals surface area contributed by atoms with Gasteiger partial charge >= 0.3 is 36.4 Å². The van der Waals surface area contributed by atoms with Crippen molar-refractivity contribution in [3.8, 4) is 23.0 Å². The van der Waals surface area contributed by atoms with Crippen LogP contribution in [0.4, 0.5) is 46.0 Å². The molecule has 24 nitrogen and oxygen atoms in total. The first-order valence-electron chi connectivity index (χ1n) is 39.4. The van der Waals surface area contributed by atoms with E-state index in [4.69, 9.17) is 57.4 Å². The zero-order chi connectivity index (χ0) is 88.2. The normalized spacial score (nSPS) is 25.5. The number of nitrogens with one attached hydrogen (secondary N) is 8. The lowest BCUT2D eigenvalue weighted by Crippen LogP contribution is -2.52. The number of nitrogens with zero attached hydrogens (tertiary/aromatic N) is 1. The van der Waals surface area contributed by atoms with Crippen molar-refractivity contribution in [2.45, 2.75) is 167 Å². The third-order valence-electron chi connectivity index (χ3n) is 22.3. The van der Waals surface area contributed by atoms with E-state index in [0.29, 0.717) is 24.3 Å². The van der Waals surface area contributed by atoms with E-state index in [9.17, 15) is 69.1 Å². The van der Waals surface area contributed by atoms with Crippen molar-refractivity contribution in [2.75, 3.05) is 34.2 Å². The minimum atomic E-state index is -4.97. The van der Waals surface area contributed by atoms with Crippen LogP contribution < -0.4 is 67.2 Å². The molecule has 4 saturated carbocycles. The van der Waals surface area contributed by atoms with Gasteiger partial charge in [0.25, 0.3) is 0 Å². The number of nitrogens with two attached hydrogens (primary N) is 1. The average molecular weight is 1720 g/mol. The van der Waals surface area contributed by atoms with E-state index in [-0.39, 0.29) is 135 Å². The fraction of sp³-hybridized carbons (Fsp3) is 0.483. The van der Waals surface area contributed by atoms with Crippen LogP contribution in [0.15, 0.2) is 152 Å². The number of anilines is 1. The predicted molar refractivity (Wildman–Crippen MR) is 436 cm³/mol. The van der Waals surface area contributed by atoms with Crippen LogP contribution >= 0.6 is 23.2 Å². The number of methoxy groups -OCH3 is 4. The topological polar surface area (TPSA) is 327 Å². The van der Waals surface area contributed by atoms with Crippen LogP contribution in [0.3, 0.4) is 0 Å². The monoisotopic (exact) mass is 1720 g/mol. The standard InChI is InChI=1S/2C22H30N2O4.2C19H21F3N2O3.C5H3Cl2FN2/c2*1-13(14-8-10-17(27-5)11-9-14)23-20(25)18-15-6-7-16(12-15)19(18)24-21(26)28-22(2,3)4;2*1-10(11-5-7-14(27-2)8-6-11)23-17(25)15-12-3-4-13(9-12)16(15)24-18(26)19(20,21)22;6-4-2(8)1-3(9)5(7)10-4/h2*6-11,13,15-16,18-19H,12H2,1-5H3,(H,23,25)(H,24,26);2*3-8,10,12-13,15-16H,9H2,1-2H3,(H,23,25)(H,24,26);1H,9H2/t13-,15-,16+,18+,19-;13-,15-,16+,18-,19+;10-,12-,13+,15+,16-;10-,12-,13+,15-,16+;/m1111./s1. The van der Waals surface area contributed by atoms with E-state index in [2.05, 4.69) is 61.2 Å². The minimum Gasteiger partial charge on any atom is -0.497 e. The van der Waals surface area contributed by atoms with Crippen LogP contribution in [-0.4, -0.2) is 129 Å². The number of amides is 8. The maximum absolute atomic E-state index is 13.1. The Morgan fingerprint density at radius 2 is 0.608 bits per heavy atom. The summed E-state index contributed by atoms with van der Waals surface area (Å²) >= 11 is 10.7. The van der Waals surface area contributed by atoms with Gasteiger partial charge in [-0.25, -0.2) is 19.0 Å². The second-order valence-electron chi connectivity index (χ2n) is 32.9. The summed E-state index contributed by atoms with van der Waals surface area (Å²) in [5, 5.41) is 21.6. The molecular formula is C87H105Cl2F7N10O14. The smallest absolute Gasteiger partial charge is 0.471 e. The molecule has 8 aliphatic rings. The lowest BCUT2D eigenvalue weighted by Gasteiger charge is -2.30. The highest BCUT2D eigenvalue weighted by Crippen LogP contribution is 2.48. The van der Waals surface area contributed by atoms with Crippen LogP contribution in [0.25, 0.3) is 0 Å². The minimum absolute atomic E-state index is 0.0198. The number of ether oxygens (including phenoxy) is 6. The molecule has 650 valence electrons. The SMILES string of the molecule is COc1ccc([C@@H](C)NC(=O)[C@@H]2[C@H](NC(=O)C(F)(F)F)[C@H]3C=C[C@@H]2C3)cc1.COc1ccc([C@@H](C)NC(=O)[C@@H]2[C@H](NC(=O)OC(C)(C)C)[C@H]3C=C[C@@H]2C3)cc1.COc1ccc([C@@H](C)NC(=O)[C@H]2[C@@H](NC(=O)C(F)(F)F)[C@H]3C=C[C@@H]2C3)cc1.COc1ccc([C@@H](C)NC(=O)[C@H]2[C@@H](NC(=O)OC(C)(C)C)[C@H]3C=C[C@@H]2C3)cc1.Nc1cc(F)c(Cl)nc1Cl. The average Bonchev–Trinajstić information content (AvgIpc) is 1.64. The van der Waals surface area contributed by atoms with Gasteiger partial charge in [-0.05, 0) is 213 Å². The summed E-state index contributed by atoms with van der Waals surface area (Å²) in [6.45, 7) is 18.5. The molecule has 8 aliphatic carbocycles. The molecule has 8 amide bonds. The first-order valence-corrected chi connectivity index (χ1v) is 40.1. The van der Waals surface area contributed by atoms with E-state index in [1.54, 1.807) is 78.7 Å². The third kappa shape index (κ3) is 24.4. The molecule has 0 radical (unpaired) electrons. The van der Waals surface area contributed by atoms with Gasteiger partial charge in [0.2, 0.25) is 23.6 Å². The van der Waals surface area contributed by atoms with Crippen LogP contribution in [0.1, 0.15) is 141 Å². The van der Waals surface area contributed by atoms with Crippen LogP contribution in [0.2, 0.25) is 10.3 Å². The Balaban J connectivity index is 0.000000175. The first kappa shape index (κ1) is 93.3.